The second-order valence-corrected chi connectivity index (χ2v) is 4.63. The van der Waals surface area contributed by atoms with Gasteiger partial charge >= 0.3 is 0 Å². The van der Waals surface area contributed by atoms with Crippen LogP contribution < -0.4 is 5.32 Å². The summed E-state index contributed by atoms with van der Waals surface area (Å²) in [5.74, 6) is -2.96. The van der Waals surface area contributed by atoms with Crippen LogP contribution in [0, 0.1) is 11.8 Å². The SMILES string of the molecule is O=C(NC1CCCCCC1)c1ccnc(F)c1F. The Bertz CT molecular complexity index is 429. The van der Waals surface area contributed by atoms with Gasteiger partial charge < -0.3 is 5.32 Å². The summed E-state index contributed by atoms with van der Waals surface area (Å²) < 4.78 is 26.3. The maximum Gasteiger partial charge on any atom is 0.254 e. The van der Waals surface area contributed by atoms with Crippen LogP contribution in [0.15, 0.2) is 12.3 Å². The molecule has 1 aliphatic carbocycles. The van der Waals surface area contributed by atoms with Gasteiger partial charge in [-0.1, -0.05) is 25.7 Å². The monoisotopic (exact) mass is 254 g/mol. The van der Waals surface area contributed by atoms with Crippen molar-refractivity contribution in [3.8, 4) is 0 Å². The first-order chi connectivity index (χ1) is 8.68. The molecule has 0 bridgehead atoms. The zero-order valence-corrected chi connectivity index (χ0v) is 10.1. The number of aromatic nitrogens is 1. The number of hydrogen-bond donors (Lipinski definition) is 1. The molecule has 0 saturated heterocycles. The number of pyridine rings is 1. The molecule has 0 unspecified atom stereocenters. The number of nitrogens with zero attached hydrogens (tertiary/aromatic N) is 1. The predicted molar refractivity (Wildman–Crippen MR) is 63.1 cm³/mol. The van der Waals surface area contributed by atoms with Crippen molar-refractivity contribution in [1.82, 2.24) is 10.3 Å². The highest BCUT2D eigenvalue weighted by Gasteiger charge is 2.20. The van der Waals surface area contributed by atoms with Crippen LogP contribution in [0.3, 0.4) is 0 Å². The van der Waals surface area contributed by atoms with Gasteiger partial charge in [0.2, 0.25) is 5.95 Å². The van der Waals surface area contributed by atoms with Crippen LogP contribution in [0.4, 0.5) is 8.78 Å². The Hall–Kier alpha value is -1.52. The van der Waals surface area contributed by atoms with Gasteiger partial charge in [0.05, 0.1) is 5.56 Å². The van der Waals surface area contributed by atoms with E-state index in [1.807, 2.05) is 0 Å². The van der Waals surface area contributed by atoms with Crippen molar-refractivity contribution in [2.75, 3.05) is 0 Å². The van der Waals surface area contributed by atoms with Gasteiger partial charge in [0.15, 0.2) is 5.82 Å². The van der Waals surface area contributed by atoms with E-state index < -0.39 is 17.7 Å². The number of carbonyl (C=O) groups excluding carboxylic acids is 1. The van der Waals surface area contributed by atoms with Crippen LogP contribution in [-0.4, -0.2) is 16.9 Å². The largest absolute Gasteiger partial charge is 0.349 e. The van der Waals surface area contributed by atoms with E-state index in [0.29, 0.717) is 0 Å². The number of hydrogen-bond acceptors (Lipinski definition) is 2. The summed E-state index contributed by atoms with van der Waals surface area (Å²) >= 11 is 0. The van der Waals surface area contributed by atoms with Crippen LogP contribution in [0.25, 0.3) is 0 Å². The fourth-order valence-corrected chi connectivity index (χ4v) is 2.28. The van der Waals surface area contributed by atoms with E-state index in [1.54, 1.807) is 0 Å². The molecule has 0 aliphatic heterocycles. The number of rotatable bonds is 2. The summed E-state index contributed by atoms with van der Waals surface area (Å²) in [6, 6.07) is 1.26. The van der Waals surface area contributed by atoms with Crippen molar-refractivity contribution < 1.29 is 13.6 Å². The van der Waals surface area contributed by atoms with Crippen LogP contribution >= 0.6 is 0 Å². The van der Waals surface area contributed by atoms with Crippen molar-refractivity contribution in [1.29, 1.82) is 0 Å². The molecule has 18 heavy (non-hydrogen) atoms. The fourth-order valence-electron chi connectivity index (χ4n) is 2.28. The van der Waals surface area contributed by atoms with E-state index in [4.69, 9.17) is 0 Å². The lowest BCUT2D eigenvalue weighted by molar-refractivity contribution is 0.0928. The zero-order valence-electron chi connectivity index (χ0n) is 10.1. The van der Waals surface area contributed by atoms with Crippen LogP contribution in [0.1, 0.15) is 48.9 Å². The predicted octanol–water partition coefficient (Wildman–Crippen LogP) is 2.81. The Morgan fingerprint density at radius 3 is 2.56 bits per heavy atom. The van der Waals surface area contributed by atoms with Gasteiger partial charge in [0, 0.05) is 12.2 Å². The first-order valence-electron chi connectivity index (χ1n) is 6.29. The lowest BCUT2D eigenvalue weighted by Gasteiger charge is -2.16. The number of nitrogens with one attached hydrogen (secondary N) is 1. The molecule has 1 saturated carbocycles. The normalized spacial score (nSPS) is 17.2. The molecule has 0 radical (unpaired) electrons. The van der Waals surface area contributed by atoms with E-state index in [1.165, 1.54) is 18.9 Å². The van der Waals surface area contributed by atoms with Gasteiger partial charge in [-0.05, 0) is 18.9 Å². The first-order valence-corrected chi connectivity index (χ1v) is 6.29. The van der Waals surface area contributed by atoms with Crippen molar-refractivity contribution in [3.63, 3.8) is 0 Å². The lowest BCUT2D eigenvalue weighted by atomic mass is 10.1. The molecule has 5 heteroatoms. The Labute approximate surface area is 105 Å². The molecule has 1 aliphatic rings. The summed E-state index contributed by atoms with van der Waals surface area (Å²) in [6.45, 7) is 0. The highest BCUT2D eigenvalue weighted by molar-refractivity contribution is 5.94. The number of carbonyl (C=O) groups is 1. The van der Waals surface area contributed by atoms with Crippen LogP contribution in [0.2, 0.25) is 0 Å². The van der Waals surface area contributed by atoms with Crippen molar-refractivity contribution >= 4 is 5.91 Å². The molecular formula is C13H16F2N2O. The highest BCUT2D eigenvalue weighted by Crippen LogP contribution is 2.18. The Balaban J connectivity index is 2.04. The molecule has 1 heterocycles. The minimum atomic E-state index is -1.23. The zero-order chi connectivity index (χ0) is 13.0. The van der Waals surface area contributed by atoms with Gasteiger partial charge in [-0.3, -0.25) is 4.79 Å². The minimum absolute atomic E-state index is 0.0654. The van der Waals surface area contributed by atoms with Crippen molar-refractivity contribution in [3.05, 3.63) is 29.6 Å². The quantitative estimate of drug-likeness (QED) is 0.651. The molecule has 0 aromatic carbocycles. The van der Waals surface area contributed by atoms with Gasteiger partial charge in [-0.25, -0.2) is 9.37 Å². The van der Waals surface area contributed by atoms with E-state index in [9.17, 15) is 13.6 Å². The summed E-state index contributed by atoms with van der Waals surface area (Å²) in [5.41, 5.74) is -0.272. The van der Waals surface area contributed by atoms with Crippen LogP contribution in [-0.2, 0) is 0 Å². The molecule has 2 rings (SSSR count). The van der Waals surface area contributed by atoms with E-state index in [2.05, 4.69) is 10.3 Å². The van der Waals surface area contributed by atoms with E-state index >= 15 is 0 Å². The third kappa shape index (κ3) is 3.03. The third-order valence-electron chi connectivity index (χ3n) is 3.28. The molecule has 1 aromatic rings. The molecule has 1 aromatic heterocycles. The minimum Gasteiger partial charge on any atom is -0.349 e. The molecule has 1 amide bonds. The van der Waals surface area contributed by atoms with Gasteiger partial charge in [-0.15, -0.1) is 0 Å². The first kappa shape index (κ1) is 12.9. The number of halogens is 2. The summed E-state index contributed by atoms with van der Waals surface area (Å²) in [4.78, 5) is 15.0. The fraction of sp³-hybridized carbons (Fsp3) is 0.538. The Morgan fingerprint density at radius 1 is 1.22 bits per heavy atom. The maximum atomic E-state index is 13.4. The van der Waals surface area contributed by atoms with Crippen molar-refractivity contribution in [2.24, 2.45) is 0 Å². The standard InChI is InChI=1S/C13H16F2N2O/c14-11-10(7-8-16-12(11)15)13(18)17-9-5-3-1-2-4-6-9/h7-9H,1-6H2,(H,17,18). The molecular weight excluding hydrogens is 238 g/mol. The van der Waals surface area contributed by atoms with Crippen molar-refractivity contribution in [2.45, 2.75) is 44.6 Å². The summed E-state index contributed by atoms with van der Waals surface area (Å²) in [6.07, 6.45) is 7.38. The molecule has 0 spiro atoms. The third-order valence-corrected chi connectivity index (χ3v) is 3.28. The average molecular weight is 254 g/mol. The summed E-state index contributed by atoms with van der Waals surface area (Å²) in [5, 5.41) is 2.77. The summed E-state index contributed by atoms with van der Waals surface area (Å²) in [7, 11) is 0. The lowest BCUT2D eigenvalue weighted by Crippen LogP contribution is -2.35. The maximum absolute atomic E-state index is 13.4. The van der Waals surface area contributed by atoms with Crippen LogP contribution in [0.5, 0.6) is 0 Å². The number of amides is 1. The Kier molecular flexibility index (Phi) is 4.23. The average Bonchev–Trinajstić information content (AvgIpc) is 2.61. The van der Waals surface area contributed by atoms with Gasteiger partial charge in [-0.2, -0.15) is 4.39 Å². The van der Waals surface area contributed by atoms with Gasteiger partial charge in [0.25, 0.3) is 5.91 Å². The topological polar surface area (TPSA) is 42.0 Å². The molecule has 98 valence electrons. The van der Waals surface area contributed by atoms with Gasteiger partial charge in [0.1, 0.15) is 0 Å². The second-order valence-electron chi connectivity index (χ2n) is 4.63. The molecule has 3 nitrogen and oxygen atoms in total. The molecule has 0 atom stereocenters. The Morgan fingerprint density at radius 2 is 1.89 bits per heavy atom. The smallest absolute Gasteiger partial charge is 0.254 e. The molecule has 1 fully saturated rings. The molecule has 1 N–H and O–H groups in total. The van der Waals surface area contributed by atoms with E-state index in [-0.39, 0.29) is 11.6 Å². The van der Waals surface area contributed by atoms with E-state index in [0.717, 1.165) is 31.9 Å². The second kappa shape index (κ2) is 5.89. The highest BCUT2D eigenvalue weighted by atomic mass is 19.2.